The van der Waals surface area contributed by atoms with Crippen molar-refractivity contribution in [1.82, 2.24) is 25.2 Å². The van der Waals surface area contributed by atoms with Crippen molar-refractivity contribution in [2.75, 3.05) is 0 Å². The summed E-state index contributed by atoms with van der Waals surface area (Å²) in [7, 11) is 0. The van der Waals surface area contributed by atoms with Gasteiger partial charge in [0.05, 0.1) is 5.69 Å². The Morgan fingerprint density at radius 3 is 1.63 bits per heavy atom. The molecule has 0 aliphatic carbocycles. The lowest BCUT2D eigenvalue weighted by atomic mass is 9.77. The molecule has 0 amide bonds. The SMILES string of the molecule is BrCc1ccc(-c2ccccc2-c2nnn(C(c3ccccc3)(c3ccccc3)c3ccccc3)n2)cn1. The van der Waals surface area contributed by atoms with Crippen LogP contribution in [-0.2, 0) is 10.9 Å². The van der Waals surface area contributed by atoms with Gasteiger partial charge in [0.15, 0.2) is 5.54 Å². The first-order valence-corrected chi connectivity index (χ1v) is 13.5. The van der Waals surface area contributed by atoms with Gasteiger partial charge in [-0.2, -0.15) is 0 Å². The highest BCUT2D eigenvalue weighted by atomic mass is 79.9. The summed E-state index contributed by atoms with van der Waals surface area (Å²) >= 11 is 3.47. The molecule has 0 bridgehead atoms. The van der Waals surface area contributed by atoms with E-state index in [1.807, 2.05) is 85.1 Å². The van der Waals surface area contributed by atoms with Crippen molar-refractivity contribution in [3.05, 3.63) is 156 Å². The van der Waals surface area contributed by atoms with Gasteiger partial charge in [0, 0.05) is 22.7 Å². The molecule has 6 heteroatoms. The number of benzene rings is 4. The molecular formula is C32H24BrN5. The van der Waals surface area contributed by atoms with Crippen molar-refractivity contribution in [2.24, 2.45) is 0 Å². The zero-order chi connectivity index (χ0) is 25.8. The van der Waals surface area contributed by atoms with Gasteiger partial charge in [-0.05, 0) is 33.5 Å². The summed E-state index contributed by atoms with van der Waals surface area (Å²) in [5.41, 5.74) is 6.21. The Balaban J connectivity index is 1.57. The second-order valence-corrected chi connectivity index (χ2v) is 9.49. The molecule has 0 spiro atoms. The molecule has 2 aromatic heterocycles. The normalized spacial score (nSPS) is 11.4. The molecule has 0 radical (unpaired) electrons. The fourth-order valence-electron chi connectivity index (χ4n) is 4.94. The second-order valence-electron chi connectivity index (χ2n) is 8.93. The Hall–Kier alpha value is -4.42. The standard InChI is InChI=1S/C32H24BrN5/c33-22-28-21-20-24(23-34-28)29-18-10-11-19-30(29)31-35-37-38(36-31)32(25-12-4-1-5-13-25,26-14-6-2-7-15-26)27-16-8-3-9-17-27/h1-21,23H,22H2. The highest BCUT2D eigenvalue weighted by molar-refractivity contribution is 9.08. The minimum absolute atomic E-state index is 0.553. The molecule has 0 atom stereocenters. The van der Waals surface area contributed by atoms with Gasteiger partial charge in [0.25, 0.3) is 0 Å². The third kappa shape index (κ3) is 4.23. The summed E-state index contributed by atoms with van der Waals surface area (Å²) in [6.07, 6.45) is 1.89. The van der Waals surface area contributed by atoms with Crippen LogP contribution < -0.4 is 0 Å². The Kier molecular flexibility index (Phi) is 6.63. The molecule has 4 aromatic carbocycles. The van der Waals surface area contributed by atoms with Crippen LogP contribution in [0.25, 0.3) is 22.5 Å². The van der Waals surface area contributed by atoms with Gasteiger partial charge >= 0.3 is 0 Å². The van der Waals surface area contributed by atoms with Crippen molar-refractivity contribution in [3.8, 4) is 22.5 Å². The van der Waals surface area contributed by atoms with Gasteiger partial charge in [0.2, 0.25) is 5.82 Å². The zero-order valence-electron chi connectivity index (χ0n) is 20.5. The number of halogens is 1. The van der Waals surface area contributed by atoms with Crippen LogP contribution in [0.4, 0.5) is 0 Å². The summed E-state index contributed by atoms with van der Waals surface area (Å²) in [5, 5.41) is 15.1. The summed E-state index contributed by atoms with van der Waals surface area (Å²) < 4.78 is 0. The smallest absolute Gasteiger partial charge is 0.205 e. The van der Waals surface area contributed by atoms with E-state index in [1.165, 1.54) is 0 Å². The molecule has 0 saturated carbocycles. The average Bonchev–Trinajstić information content (AvgIpc) is 3.50. The van der Waals surface area contributed by atoms with Crippen molar-refractivity contribution >= 4 is 15.9 Å². The maximum Gasteiger partial charge on any atom is 0.205 e. The van der Waals surface area contributed by atoms with Crippen LogP contribution >= 0.6 is 15.9 Å². The van der Waals surface area contributed by atoms with Crippen molar-refractivity contribution in [1.29, 1.82) is 0 Å². The van der Waals surface area contributed by atoms with Gasteiger partial charge < -0.3 is 0 Å². The molecule has 0 aliphatic heterocycles. The molecular weight excluding hydrogens is 534 g/mol. The average molecular weight is 558 g/mol. The van der Waals surface area contributed by atoms with Crippen molar-refractivity contribution < 1.29 is 0 Å². The maximum atomic E-state index is 5.07. The predicted octanol–water partition coefficient (Wildman–Crippen LogP) is 7.14. The lowest BCUT2D eigenvalue weighted by Gasteiger charge is -2.34. The van der Waals surface area contributed by atoms with E-state index in [0.29, 0.717) is 11.2 Å². The Labute approximate surface area is 230 Å². The lowest BCUT2D eigenvalue weighted by Crippen LogP contribution is -2.39. The first-order valence-electron chi connectivity index (χ1n) is 12.4. The van der Waals surface area contributed by atoms with E-state index in [-0.39, 0.29) is 0 Å². The Morgan fingerprint density at radius 1 is 0.605 bits per heavy atom. The first kappa shape index (κ1) is 23.9. The minimum Gasteiger partial charge on any atom is -0.260 e. The van der Waals surface area contributed by atoms with Gasteiger partial charge in [-0.1, -0.05) is 137 Å². The van der Waals surface area contributed by atoms with E-state index < -0.39 is 5.54 Å². The fourth-order valence-corrected chi connectivity index (χ4v) is 5.27. The van der Waals surface area contributed by atoms with Crippen LogP contribution in [-0.4, -0.2) is 25.2 Å². The number of pyridine rings is 1. The third-order valence-electron chi connectivity index (χ3n) is 6.73. The number of alkyl halides is 1. The quantitative estimate of drug-likeness (QED) is 0.154. The number of aromatic nitrogens is 5. The molecule has 5 nitrogen and oxygen atoms in total. The number of hydrogen-bond acceptors (Lipinski definition) is 4. The highest BCUT2D eigenvalue weighted by Gasteiger charge is 2.41. The molecule has 0 N–H and O–H groups in total. The van der Waals surface area contributed by atoms with Crippen LogP contribution in [0, 0.1) is 0 Å². The van der Waals surface area contributed by atoms with E-state index in [9.17, 15) is 0 Å². The van der Waals surface area contributed by atoms with E-state index >= 15 is 0 Å². The number of hydrogen-bond donors (Lipinski definition) is 0. The molecule has 0 saturated heterocycles. The molecule has 38 heavy (non-hydrogen) atoms. The summed E-state index contributed by atoms with van der Waals surface area (Å²) in [5.74, 6) is 0.553. The fraction of sp³-hybridized carbons (Fsp3) is 0.0625. The third-order valence-corrected chi connectivity index (χ3v) is 7.30. The van der Waals surface area contributed by atoms with Gasteiger partial charge in [0.1, 0.15) is 0 Å². The van der Waals surface area contributed by atoms with Gasteiger partial charge in [-0.25, -0.2) is 0 Å². The molecule has 6 aromatic rings. The van der Waals surface area contributed by atoms with Gasteiger partial charge in [-0.15, -0.1) is 15.0 Å². The Morgan fingerprint density at radius 2 is 1.13 bits per heavy atom. The van der Waals surface area contributed by atoms with Crippen LogP contribution in [0.2, 0.25) is 0 Å². The number of tetrazole rings is 1. The first-order chi connectivity index (χ1) is 18.8. The molecule has 6 rings (SSSR count). The van der Waals surface area contributed by atoms with Crippen molar-refractivity contribution in [2.45, 2.75) is 10.9 Å². The maximum absolute atomic E-state index is 5.07. The summed E-state index contributed by atoms with van der Waals surface area (Å²) in [6, 6.07) is 43.3. The highest BCUT2D eigenvalue weighted by Crippen LogP contribution is 2.40. The number of nitrogens with zero attached hydrogens (tertiary/aromatic N) is 5. The summed E-state index contributed by atoms with van der Waals surface area (Å²) in [6.45, 7) is 0. The van der Waals surface area contributed by atoms with E-state index in [0.717, 1.165) is 39.1 Å². The Bertz CT molecular complexity index is 1540. The topological polar surface area (TPSA) is 56.5 Å². The minimum atomic E-state index is -0.816. The zero-order valence-corrected chi connectivity index (χ0v) is 22.1. The lowest BCUT2D eigenvalue weighted by molar-refractivity contribution is 0.396. The summed E-state index contributed by atoms with van der Waals surface area (Å²) in [4.78, 5) is 6.32. The van der Waals surface area contributed by atoms with Crippen molar-refractivity contribution in [3.63, 3.8) is 0 Å². The molecule has 2 heterocycles. The second kappa shape index (κ2) is 10.5. The number of rotatable bonds is 7. The van der Waals surface area contributed by atoms with E-state index in [4.69, 9.17) is 10.3 Å². The molecule has 184 valence electrons. The predicted molar refractivity (Wildman–Crippen MR) is 154 cm³/mol. The largest absolute Gasteiger partial charge is 0.260 e. The van der Waals surface area contributed by atoms with Crippen LogP contribution in [0.15, 0.2) is 134 Å². The van der Waals surface area contributed by atoms with Crippen LogP contribution in [0.1, 0.15) is 22.4 Å². The van der Waals surface area contributed by atoms with Crippen LogP contribution in [0.5, 0.6) is 0 Å². The van der Waals surface area contributed by atoms with E-state index in [2.05, 4.69) is 74.5 Å². The molecule has 0 aliphatic rings. The molecule has 0 fully saturated rings. The van der Waals surface area contributed by atoms with Gasteiger partial charge in [-0.3, -0.25) is 4.98 Å². The van der Waals surface area contributed by atoms with E-state index in [1.54, 1.807) is 4.80 Å². The molecule has 0 unspecified atom stereocenters. The van der Waals surface area contributed by atoms with Crippen LogP contribution in [0.3, 0.4) is 0 Å². The monoisotopic (exact) mass is 557 g/mol.